The molecule has 0 saturated carbocycles. The summed E-state index contributed by atoms with van der Waals surface area (Å²) in [6, 6.07) is 19.9. The standard InChI is InChI=1S/C17H16N2.ClH/c1-4-10-16(11-5-1)18-14-8-3-9-15-19-17-12-6-2-7-13-17;/h1-15,18H;1H/b9-3+,14-8+,19-15+;. The first-order valence-electron chi connectivity index (χ1n) is 6.18. The molecule has 0 unspecified atom stereocenters. The number of nitrogens with zero attached hydrogens (tertiary/aromatic N) is 1. The van der Waals surface area contributed by atoms with E-state index in [1.807, 2.05) is 85.1 Å². The Balaban J connectivity index is 0.00000200. The SMILES string of the molecule is C(=C\C=N\c1ccccc1)/C=C/Nc1ccccc1.Cl. The summed E-state index contributed by atoms with van der Waals surface area (Å²) < 4.78 is 0. The van der Waals surface area contributed by atoms with Crippen molar-refractivity contribution in [2.24, 2.45) is 4.99 Å². The predicted octanol–water partition coefficient (Wildman–Crippen LogP) is 4.99. The molecule has 0 heterocycles. The summed E-state index contributed by atoms with van der Waals surface area (Å²) in [5, 5.41) is 3.18. The summed E-state index contributed by atoms with van der Waals surface area (Å²) in [6.07, 6.45) is 9.44. The lowest BCUT2D eigenvalue weighted by molar-refractivity contribution is 1.54. The Kier molecular flexibility index (Phi) is 7.55. The van der Waals surface area contributed by atoms with Gasteiger partial charge in [-0.2, -0.15) is 0 Å². The molecule has 3 heteroatoms. The third kappa shape index (κ3) is 6.03. The van der Waals surface area contributed by atoms with E-state index in [9.17, 15) is 0 Å². The minimum absolute atomic E-state index is 0. The molecule has 1 N–H and O–H groups in total. The molecule has 0 amide bonds. The molecule has 0 radical (unpaired) electrons. The molecule has 0 bridgehead atoms. The lowest BCUT2D eigenvalue weighted by Crippen LogP contribution is -1.84. The average Bonchev–Trinajstić information content (AvgIpc) is 2.48. The minimum atomic E-state index is 0. The van der Waals surface area contributed by atoms with Crippen molar-refractivity contribution in [2.75, 3.05) is 5.32 Å². The first kappa shape index (κ1) is 15.7. The molecule has 2 aromatic carbocycles. The van der Waals surface area contributed by atoms with Crippen molar-refractivity contribution >= 4 is 30.0 Å². The summed E-state index contributed by atoms with van der Waals surface area (Å²) >= 11 is 0. The van der Waals surface area contributed by atoms with Crippen LogP contribution in [0.2, 0.25) is 0 Å². The van der Waals surface area contributed by atoms with Gasteiger partial charge in [-0.25, -0.2) is 0 Å². The van der Waals surface area contributed by atoms with Crippen LogP contribution in [0.1, 0.15) is 0 Å². The van der Waals surface area contributed by atoms with Crippen molar-refractivity contribution in [3.05, 3.63) is 85.1 Å². The summed E-state index contributed by atoms with van der Waals surface area (Å²) in [4.78, 5) is 4.30. The van der Waals surface area contributed by atoms with Crippen LogP contribution in [0.5, 0.6) is 0 Å². The maximum atomic E-state index is 4.30. The average molecular weight is 285 g/mol. The van der Waals surface area contributed by atoms with E-state index in [1.54, 1.807) is 6.21 Å². The first-order valence-corrected chi connectivity index (χ1v) is 6.18. The lowest BCUT2D eigenvalue weighted by atomic mass is 10.3. The van der Waals surface area contributed by atoms with Crippen LogP contribution in [-0.2, 0) is 0 Å². The molecule has 20 heavy (non-hydrogen) atoms. The van der Waals surface area contributed by atoms with Gasteiger partial charge in [-0.15, -0.1) is 12.4 Å². The normalized spacial score (nSPS) is 11.0. The number of benzene rings is 2. The number of nitrogens with one attached hydrogen (secondary N) is 1. The molecule has 102 valence electrons. The number of hydrogen-bond donors (Lipinski definition) is 1. The van der Waals surface area contributed by atoms with Gasteiger partial charge in [-0.05, 0) is 36.4 Å². The summed E-state index contributed by atoms with van der Waals surface area (Å²) in [7, 11) is 0. The van der Waals surface area contributed by atoms with Crippen molar-refractivity contribution < 1.29 is 0 Å². The number of anilines is 1. The van der Waals surface area contributed by atoms with Crippen LogP contribution in [-0.4, -0.2) is 6.21 Å². The van der Waals surface area contributed by atoms with E-state index in [4.69, 9.17) is 0 Å². The Morgan fingerprint density at radius 1 is 0.750 bits per heavy atom. The monoisotopic (exact) mass is 284 g/mol. The Bertz CT molecular complexity index is 560. The number of halogens is 1. The molecule has 2 rings (SSSR count). The van der Waals surface area contributed by atoms with Crippen LogP contribution in [0.15, 0.2) is 90.1 Å². The van der Waals surface area contributed by atoms with Gasteiger partial charge in [0.05, 0.1) is 5.69 Å². The van der Waals surface area contributed by atoms with Gasteiger partial charge in [0.2, 0.25) is 0 Å². The largest absolute Gasteiger partial charge is 0.362 e. The van der Waals surface area contributed by atoms with Gasteiger partial charge in [0.25, 0.3) is 0 Å². The second-order valence-corrected chi connectivity index (χ2v) is 3.87. The van der Waals surface area contributed by atoms with E-state index in [0.29, 0.717) is 0 Å². The Hall–Kier alpha value is -2.32. The molecule has 0 aliphatic heterocycles. The highest BCUT2D eigenvalue weighted by Gasteiger charge is 1.82. The molecule has 2 nitrogen and oxygen atoms in total. The zero-order valence-corrected chi connectivity index (χ0v) is 11.8. The summed E-state index contributed by atoms with van der Waals surface area (Å²) in [5.41, 5.74) is 2.03. The highest BCUT2D eigenvalue weighted by molar-refractivity contribution is 5.85. The van der Waals surface area contributed by atoms with E-state index in [1.165, 1.54) is 0 Å². The van der Waals surface area contributed by atoms with Gasteiger partial charge in [0.15, 0.2) is 0 Å². The van der Waals surface area contributed by atoms with Crippen LogP contribution in [0, 0.1) is 0 Å². The first-order chi connectivity index (χ1) is 9.45. The van der Waals surface area contributed by atoms with Crippen molar-refractivity contribution in [1.29, 1.82) is 0 Å². The van der Waals surface area contributed by atoms with Gasteiger partial charge in [-0.3, -0.25) is 4.99 Å². The second kappa shape index (κ2) is 9.59. The number of hydrogen-bond acceptors (Lipinski definition) is 2. The lowest BCUT2D eigenvalue weighted by Gasteiger charge is -1.97. The fraction of sp³-hybridized carbons (Fsp3) is 0. The van der Waals surface area contributed by atoms with E-state index in [2.05, 4.69) is 10.3 Å². The van der Waals surface area contributed by atoms with Crippen molar-refractivity contribution in [3.63, 3.8) is 0 Å². The molecule has 0 aliphatic rings. The maximum Gasteiger partial charge on any atom is 0.0629 e. The van der Waals surface area contributed by atoms with Crippen LogP contribution in [0.25, 0.3) is 0 Å². The second-order valence-electron chi connectivity index (χ2n) is 3.87. The van der Waals surface area contributed by atoms with Crippen LogP contribution in [0.4, 0.5) is 11.4 Å². The number of rotatable bonds is 5. The highest BCUT2D eigenvalue weighted by atomic mass is 35.5. The molecular weight excluding hydrogens is 268 g/mol. The van der Waals surface area contributed by atoms with E-state index in [0.717, 1.165) is 11.4 Å². The highest BCUT2D eigenvalue weighted by Crippen LogP contribution is 2.08. The van der Waals surface area contributed by atoms with E-state index < -0.39 is 0 Å². The zero-order chi connectivity index (χ0) is 13.2. The molecule has 0 fully saturated rings. The number of allylic oxidation sites excluding steroid dienone is 3. The van der Waals surface area contributed by atoms with Gasteiger partial charge in [0, 0.05) is 18.1 Å². The third-order valence-electron chi connectivity index (χ3n) is 2.41. The van der Waals surface area contributed by atoms with Crippen LogP contribution in [0.3, 0.4) is 0 Å². The van der Waals surface area contributed by atoms with Crippen molar-refractivity contribution in [2.45, 2.75) is 0 Å². The summed E-state index contributed by atoms with van der Waals surface area (Å²) in [6.45, 7) is 0. The molecule has 0 aliphatic carbocycles. The van der Waals surface area contributed by atoms with Gasteiger partial charge < -0.3 is 5.32 Å². The fourth-order valence-electron chi connectivity index (χ4n) is 1.49. The Morgan fingerprint density at radius 2 is 1.40 bits per heavy atom. The summed E-state index contributed by atoms with van der Waals surface area (Å²) in [5.74, 6) is 0. The molecule has 0 spiro atoms. The molecule has 0 aromatic heterocycles. The van der Waals surface area contributed by atoms with Crippen molar-refractivity contribution in [3.8, 4) is 0 Å². The third-order valence-corrected chi connectivity index (χ3v) is 2.41. The van der Waals surface area contributed by atoms with Gasteiger partial charge in [0.1, 0.15) is 0 Å². The van der Waals surface area contributed by atoms with Crippen LogP contribution < -0.4 is 5.32 Å². The predicted molar refractivity (Wildman–Crippen MR) is 90.2 cm³/mol. The topological polar surface area (TPSA) is 24.4 Å². The van der Waals surface area contributed by atoms with Crippen molar-refractivity contribution in [1.82, 2.24) is 0 Å². The fourth-order valence-corrected chi connectivity index (χ4v) is 1.49. The van der Waals surface area contributed by atoms with Gasteiger partial charge in [-0.1, -0.05) is 42.5 Å². The molecule has 0 saturated heterocycles. The van der Waals surface area contributed by atoms with E-state index >= 15 is 0 Å². The maximum absolute atomic E-state index is 4.30. The van der Waals surface area contributed by atoms with E-state index in [-0.39, 0.29) is 12.4 Å². The smallest absolute Gasteiger partial charge is 0.0629 e. The van der Waals surface area contributed by atoms with Crippen LogP contribution >= 0.6 is 12.4 Å². The quantitative estimate of drug-likeness (QED) is 0.607. The zero-order valence-electron chi connectivity index (χ0n) is 11.0. The molecule has 0 atom stereocenters. The molecular formula is C17H17ClN2. The molecule has 2 aromatic rings. The minimum Gasteiger partial charge on any atom is -0.362 e. The Morgan fingerprint density at radius 3 is 2.10 bits per heavy atom. The number of para-hydroxylation sites is 2. The Labute approximate surface area is 126 Å². The van der Waals surface area contributed by atoms with Gasteiger partial charge >= 0.3 is 0 Å². The number of aliphatic imine (C=N–C) groups is 1.